The molecule has 2 aliphatic rings. The number of hydrogen-bond acceptors (Lipinski definition) is 10. The molecule has 0 saturated carbocycles. The Balaban J connectivity index is 1.43. The van der Waals surface area contributed by atoms with Crippen molar-refractivity contribution in [3.8, 4) is 23.1 Å². The number of nitriles is 1. The highest BCUT2D eigenvalue weighted by atomic mass is 16.6. The third kappa shape index (κ3) is 7.44. The lowest BCUT2D eigenvalue weighted by Crippen LogP contribution is -2.42. The molecule has 1 fully saturated rings. The Morgan fingerprint density at radius 1 is 0.981 bits per heavy atom. The standard InChI is InChI=1S/C42H40N6O6/c1-25-23-51-24-34(25)53-40(49)46-35-19-29-18-30(32-21-45-39-38(26(32)2)48(16-17-52-39)41(50)54-42(3,4)5)31(20-43)37(33(29)22-44-35)47-36(27-12-8-6-9-13-27)28-14-10-7-11-15-28/h6-15,18-19,21-22,25,34H,16-17,23-24H2,1-5H3,(H,44,46,49)/t25-,34-/m0/s1. The molecule has 2 aliphatic heterocycles. The molecular weight excluding hydrogens is 684 g/mol. The highest BCUT2D eigenvalue weighted by molar-refractivity contribution is 6.16. The van der Waals surface area contributed by atoms with Crippen molar-refractivity contribution < 1.29 is 28.5 Å². The fourth-order valence-electron chi connectivity index (χ4n) is 6.56. The van der Waals surface area contributed by atoms with E-state index in [0.29, 0.717) is 57.8 Å². The van der Waals surface area contributed by atoms with Crippen molar-refractivity contribution in [3.63, 3.8) is 0 Å². The molecule has 2 atom stereocenters. The minimum Gasteiger partial charge on any atom is -0.474 e. The van der Waals surface area contributed by atoms with E-state index in [4.69, 9.17) is 23.9 Å². The predicted molar refractivity (Wildman–Crippen MR) is 206 cm³/mol. The van der Waals surface area contributed by atoms with E-state index in [1.54, 1.807) is 18.5 Å². The van der Waals surface area contributed by atoms with Crippen molar-refractivity contribution in [1.29, 1.82) is 5.26 Å². The number of amides is 2. The first-order valence-electron chi connectivity index (χ1n) is 17.8. The zero-order chi connectivity index (χ0) is 38.0. The van der Waals surface area contributed by atoms with Crippen molar-refractivity contribution >= 4 is 45.9 Å². The molecule has 0 aliphatic carbocycles. The Hall–Kier alpha value is -6.32. The summed E-state index contributed by atoms with van der Waals surface area (Å²) >= 11 is 0. The summed E-state index contributed by atoms with van der Waals surface area (Å²) in [6.45, 7) is 10.6. The maximum atomic E-state index is 13.5. The molecule has 274 valence electrons. The molecule has 12 nitrogen and oxygen atoms in total. The average molecular weight is 725 g/mol. The largest absolute Gasteiger partial charge is 0.474 e. The van der Waals surface area contributed by atoms with E-state index in [9.17, 15) is 14.9 Å². The van der Waals surface area contributed by atoms with Gasteiger partial charge in [0, 0.05) is 46.0 Å². The van der Waals surface area contributed by atoms with Gasteiger partial charge >= 0.3 is 12.2 Å². The van der Waals surface area contributed by atoms with E-state index in [0.717, 1.165) is 11.1 Å². The third-order valence-corrected chi connectivity index (χ3v) is 9.21. The van der Waals surface area contributed by atoms with Gasteiger partial charge in [-0.15, -0.1) is 0 Å². The van der Waals surface area contributed by atoms with Gasteiger partial charge in [0.15, 0.2) is 0 Å². The molecule has 4 heterocycles. The summed E-state index contributed by atoms with van der Waals surface area (Å²) in [6.07, 6.45) is 1.69. The van der Waals surface area contributed by atoms with Crippen LogP contribution in [0.5, 0.6) is 5.88 Å². The van der Waals surface area contributed by atoms with Gasteiger partial charge in [0.1, 0.15) is 35.9 Å². The second kappa shape index (κ2) is 15.0. The topological polar surface area (TPSA) is 148 Å². The van der Waals surface area contributed by atoms with Gasteiger partial charge in [0.2, 0.25) is 5.88 Å². The van der Waals surface area contributed by atoms with Crippen LogP contribution in [0.1, 0.15) is 49.9 Å². The number of nitrogens with zero attached hydrogens (tertiary/aromatic N) is 5. The molecule has 54 heavy (non-hydrogen) atoms. The van der Waals surface area contributed by atoms with Crippen LogP contribution in [0.2, 0.25) is 0 Å². The Bertz CT molecular complexity index is 2260. The number of hydrogen-bond donors (Lipinski definition) is 1. The number of anilines is 2. The zero-order valence-electron chi connectivity index (χ0n) is 30.8. The lowest BCUT2D eigenvalue weighted by atomic mass is 9.92. The number of benzene rings is 3. The normalized spacial score (nSPS) is 16.5. The number of fused-ring (bicyclic) bond motifs is 2. The molecule has 3 aromatic carbocycles. The smallest absolute Gasteiger partial charge is 0.415 e. The number of pyridine rings is 2. The molecule has 12 heteroatoms. The van der Waals surface area contributed by atoms with Gasteiger partial charge in [-0.3, -0.25) is 10.2 Å². The van der Waals surface area contributed by atoms with Crippen LogP contribution < -0.4 is 15.0 Å². The second-order valence-electron chi connectivity index (χ2n) is 14.3. The maximum absolute atomic E-state index is 13.5. The van der Waals surface area contributed by atoms with E-state index in [-0.39, 0.29) is 42.4 Å². The van der Waals surface area contributed by atoms with Crippen LogP contribution in [0.4, 0.5) is 26.8 Å². The second-order valence-corrected chi connectivity index (χ2v) is 14.3. The number of carbonyl (C=O) groups is 2. The van der Waals surface area contributed by atoms with Crippen LogP contribution in [0.15, 0.2) is 90.2 Å². The molecule has 2 aromatic heterocycles. The minimum absolute atomic E-state index is 0.0706. The summed E-state index contributed by atoms with van der Waals surface area (Å²) in [7, 11) is 0. The summed E-state index contributed by atoms with van der Waals surface area (Å²) in [4.78, 5) is 42.4. The Morgan fingerprint density at radius 3 is 2.31 bits per heavy atom. The molecule has 0 spiro atoms. The number of aliphatic imine (C=N–C) groups is 1. The zero-order valence-corrected chi connectivity index (χ0v) is 30.8. The van der Waals surface area contributed by atoms with Crippen molar-refractivity contribution in [1.82, 2.24) is 9.97 Å². The first-order chi connectivity index (χ1) is 26.0. The maximum Gasteiger partial charge on any atom is 0.415 e. The molecule has 1 N–H and O–H groups in total. The van der Waals surface area contributed by atoms with Gasteiger partial charge in [-0.25, -0.2) is 24.5 Å². The summed E-state index contributed by atoms with van der Waals surface area (Å²) in [5.41, 5.74) is 4.50. The SMILES string of the molecule is Cc1c(-c2cc3cc(NC(=O)O[C@H]4COC[C@@H]4C)ncc3c(N=C(c3ccccc3)c3ccccc3)c2C#N)cnc2c1N(C(=O)OC(C)(C)C)CCO2. The van der Waals surface area contributed by atoms with Gasteiger partial charge in [0.25, 0.3) is 0 Å². The molecular formula is C42H40N6O6. The van der Waals surface area contributed by atoms with E-state index in [1.807, 2.05) is 101 Å². The van der Waals surface area contributed by atoms with E-state index >= 15 is 0 Å². The molecule has 0 bridgehead atoms. The lowest BCUT2D eigenvalue weighted by molar-refractivity contribution is 0.0566. The van der Waals surface area contributed by atoms with E-state index in [1.165, 1.54) is 4.90 Å². The Kier molecular flexibility index (Phi) is 9.99. The van der Waals surface area contributed by atoms with Gasteiger partial charge in [0.05, 0.1) is 36.7 Å². The lowest BCUT2D eigenvalue weighted by Gasteiger charge is -2.32. The quantitative estimate of drug-likeness (QED) is 0.171. The summed E-state index contributed by atoms with van der Waals surface area (Å²) in [5.74, 6) is 0.611. The van der Waals surface area contributed by atoms with Crippen molar-refractivity contribution in [2.45, 2.75) is 46.3 Å². The first-order valence-corrected chi connectivity index (χ1v) is 17.8. The van der Waals surface area contributed by atoms with Crippen LogP contribution in [-0.4, -0.2) is 65.9 Å². The number of carbonyl (C=O) groups excluding carboxylic acids is 2. The van der Waals surface area contributed by atoms with Gasteiger partial charge in [-0.05, 0) is 50.8 Å². The molecule has 1 saturated heterocycles. The summed E-state index contributed by atoms with van der Waals surface area (Å²) in [6, 6.07) is 25.5. The fourth-order valence-corrected chi connectivity index (χ4v) is 6.56. The molecule has 0 radical (unpaired) electrons. The van der Waals surface area contributed by atoms with Crippen molar-refractivity contribution in [2.75, 3.05) is 36.6 Å². The molecule has 7 rings (SSSR count). The number of rotatable bonds is 6. The van der Waals surface area contributed by atoms with Gasteiger partial charge in [-0.1, -0.05) is 67.6 Å². The number of ether oxygens (including phenoxy) is 4. The molecule has 5 aromatic rings. The Morgan fingerprint density at radius 2 is 1.69 bits per heavy atom. The predicted octanol–water partition coefficient (Wildman–Crippen LogP) is 8.36. The fraction of sp³-hybridized carbons (Fsp3) is 0.286. The monoisotopic (exact) mass is 724 g/mol. The summed E-state index contributed by atoms with van der Waals surface area (Å²) in [5, 5.41) is 14.9. The first kappa shape index (κ1) is 36.1. The molecule has 0 unspecified atom stereocenters. The van der Waals surface area contributed by atoms with Crippen LogP contribution in [0.3, 0.4) is 0 Å². The number of nitrogens with one attached hydrogen (secondary N) is 1. The van der Waals surface area contributed by atoms with Crippen molar-refractivity contribution in [3.05, 3.63) is 107 Å². The van der Waals surface area contributed by atoms with Gasteiger partial charge < -0.3 is 18.9 Å². The minimum atomic E-state index is -0.724. The Labute approximate surface area is 313 Å². The van der Waals surface area contributed by atoms with Crippen LogP contribution >= 0.6 is 0 Å². The van der Waals surface area contributed by atoms with Gasteiger partial charge in [-0.2, -0.15) is 5.26 Å². The number of aromatic nitrogens is 2. The molecule has 2 amide bonds. The average Bonchev–Trinajstić information content (AvgIpc) is 3.56. The third-order valence-electron chi connectivity index (χ3n) is 9.21. The highest BCUT2D eigenvalue weighted by Gasteiger charge is 2.33. The summed E-state index contributed by atoms with van der Waals surface area (Å²) < 4.78 is 22.7. The van der Waals surface area contributed by atoms with Crippen molar-refractivity contribution in [2.24, 2.45) is 10.9 Å². The van der Waals surface area contributed by atoms with Crippen LogP contribution in [-0.2, 0) is 14.2 Å². The van der Waals surface area contributed by atoms with E-state index in [2.05, 4.69) is 21.4 Å². The van der Waals surface area contributed by atoms with E-state index < -0.39 is 17.8 Å². The van der Waals surface area contributed by atoms with Crippen LogP contribution in [0.25, 0.3) is 21.9 Å². The van der Waals surface area contributed by atoms with Crippen LogP contribution in [0, 0.1) is 24.2 Å². The highest BCUT2D eigenvalue weighted by Crippen LogP contribution is 2.44.